The predicted octanol–water partition coefficient (Wildman–Crippen LogP) is 2.65. The van der Waals surface area contributed by atoms with Gasteiger partial charge in [-0.15, -0.1) is 0 Å². The average molecular weight is 293 g/mol. The SMILES string of the molecule is Cc1nc(CN2CC(O)(c3ccc(Cl)cc3)C2)c(C)o1. The number of aliphatic hydroxyl groups is 1. The second kappa shape index (κ2) is 4.88. The maximum absolute atomic E-state index is 10.6. The van der Waals surface area contributed by atoms with Crippen LogP contribution >= 0.6 is 11.6 Å². The van der Waals surface area contributed by atoms with Gasteiger partial charge in [0.1, 0.15) is 11.4 Å². The first-order chi connectivity index (χ1) is 9.46. The minimum Gasteiger partial charge on any atom is -0.446 e. The lowest BCUT2D eigenvalue weighted by molar-refractivity contribution is -0.108. The summed E-state index contributed by atoms with van der Waals surface area (Å²) in [5, 5.41) is 11.2. The van der Waals surface area contributed by atoms with Crippen molar-refractivity contribution in [3.63, 3.8) is 0 Å². The van der Waals surface area contributed by atoms with E-state index < -0.39 is 5.60 Å². The Morgan fingerprint density at radius 1 is 1.30 bits per heavy atom. The van der Waals surface area contributed by atoms with Crippen molar-refractivity contribution < 1.29 is 9.52 Å². The first-order valence-electron chi connectivity index (χ1n) is 6.60. The normalized spacial score (nSPS) is 18.0. The van der Waals surface area contributed by atoms with Gasteiger partial charge in [-0.3, -0.25) is 4.90 Å². The summed E-state index contributed by atoms with van der Waals surface area (Å²) in [7, 11) is 0. The van der Waals surface area contributed by atoms with Crippen molar-refractivity contribution in [2.75, 3.05) is 13.1 Å². The minimum atomic E-state index is -0.780. The number of β-amino-alcohol motifs (C(OH)–C–C–N with tert-alkyl or cyclic N) is 1. The van der Waals surface area contributed by atoms with Gasteiger partial charge < -0.3 is 9.52 Å². The van der Waals surface area contributed by atoms with Crippen LogP contribution in [0.2, 0.25) is 5.02 Å². The number of rotatable bonds is 3. The van der Waals surface area contributed by atoms with Gasteiger partial charge in [0.15, 0.2) is 5.89 Å². The van der Waals surface area contributed by atoms with Crippen LogP contribution in [-0.2, 0) is 12.1 Å². The highest BCUT2D eigenvalue weighted by atomic mass is 35.5. The van der Waals surface area contributed by atoms with Gasteiger partial charge in [0.05, 0.1) is 5.69 Å². The molecule has 0 bridgehead atoms. The number of oxazole rings is 1. The Balaban J connectivity index is 1.65. The number of aromatic nitrogens is 1. The summed E-state index contributed by atoms with van der Waals surface area (Å²) in [6.07, 6.45) is 0. The zero-order valence-corrected chi connectivity index (χ0v) is 12.3. The lowest BCUT2D eigenvalue weighted by Crippen LogP contribution is -2.58. The zero-order chi connectivity index (χ0) is 14.3. The van der Waals surface area contributed by atoms with E-state index >= 15 is 0 Å². The summed E-state index contributed by atoms with van der Waals surface area (Å²) in [6, 6.07) is 7.38. The van der Waals surface area contributed by atoms with Crippen LogP contribution in [0.3, 0.4) is 0 Å². The number of benzene rings is 1. The van der Waals surface area contributed by atoms with E-state index in [0.29, 0.717) is 30.5 Å². The molecule has 0 atom stereocenters. The number of hydrogen-bond donors (Lipinski definition) is 1. The van der Waals surface area contributed by atoms with E-state index in [0.717, 1.165) is 17.0 Å². The molecular formula is C15H17ClN2O2. The fraction of sp³-hybridized carbons (Fsp3) is 0.400. The summed E-state index contributed by atoms with van der Waals surface area (Å²) >= 11 is 5.87. The standard InChI is InChI=1S/C15H17ClN2O2/c1-10-14(17-11(2)20-10)7-18-8-15(19,9-18)12-3-5-13(16)6-4-12/h3-6,19H,7-9H2,1-2H3. The average Bonchev–Trinajstić information content (AvgIpc) is 2.66. The summed E-state index contributed by atoms with van der Waals surface area (Å²) < 4.78 is 5.42. The first kappa shape index (κ1) is 13.6. The molecule has 20 heavy (non-hydrogen) atoms. The number of aryl methyl sites for hydroxylation is 2. The maximum atomic E-state index is 10.6. The third-order valence-corrected chi connectivity index (χ3v) is 3.98. The summed E-state index contributed by atoms with van der Waals surface area (Å²) in [4.78, 5) is 6.51. The second-order valence-corrected chi connectivity index (χ2v) is 5.86. The van der Waals surface area contributed by atoms with E-state index in [1.165, 1.54) is 0 Å². The molecule has 0 saturated carbocycles. The molecule has 0 unspecified atom stereocenters. The molecule has 1 aromatic heterocycles. The van der Waals surface area contributed by atoms with E-state index in [9.17, 15) is 5.11 Å². The monoisotopic (exact) mass is 292 g/mol. The Labute approximate surface area is 123 Å². The van der Waals surface area contributed by atoms with Crippen molar-refractivity contribution in [1.82, 2.24) is 9.88 Å². The van der Waals surface area contributed by atoms with E-state index in [-0.39, 0.29) is 0 Å². The Bertz CT molecular complexity index is 615. The second-order valence-electron chi connectivity index (χ2n) is 5.42. The fourth-order valence-corrected chi connectivity index (χ4v) is 2.80. The summed E-state index contributed by atoms with van der Waals surface area (Å²) in [5.74, 6) is 1.54. The van der Waals surface area contributed by atoms with Gasteiger partial charge >= 0.3 is 0 Å². The Morgan fingerprint density at radius 3 is 2.50 bits per heavy atom. The topological polar surface area (TPSA) is 49.5 Å². The van der Waals surface area contributed by atoms with Gasteiger partial charge in [-0.05, 0) is 24.6 Å². The number of hydrogen-bond acceptors (Lipinski definition) is 4. The van der Waals surface area contributed by atoms with Gasteiger partial charge in [-0.25, -0.2) is 4.98 Å². The van der Waals surface area contributed by atoms with Crippen molar-refractivity contribution in [3.8, 4) is 0 Å². The molecule has 3 rings (SSSR count). The van der Waals surface area contributed by atoms with Crippen molar-refractivity contribution in [2.24, 2.45) is 0 Å². The minimum absolute atomic E-state index is 0.597. The molecule has 5 heteroatoms. The van der Waals surface area contributed by atoms with Gasteiger partial charge in [-0.1, -0.05) is 23.7 Å². The third-order valence-electron chi connectivity index (χ3n) is 3.72. The van der Waals surface area contributed by atoms with Crippen LogP contribution in [0.25, 0.3) is 0 Å². The molecule has 0 amide bonds. The van der Waals surface area contributed by atoms with Crippen LogP contribution in [0.5, 0.6) is 0 Å². The zero-order valence-electron chi connectivity index (χ0n) is 11.6. The molecule has 1 aromatic carbocycles. The molecule has 4 nitrogen and oxygen atoms in total. The van der Waals surface area contributed by atoms with Crippen LogP contribution in [0.15, 0.2) is 28.7 Å². The van der Waals surface area contributed by atoms with Crippen LogP contribution < -0.4 is 0 Å². The molecule has 1 aliphatic heterocycles. The quantitative estimate of drug-likeness (QED) is 0.945. The van der Waals surface area contributed by atoms with Crippen molar-refractivity contribution in [1.29, 1.82) is 0 Å². The highest BCUT2D eigenvalue weighted by molar-refractivity contribution is 6.30. The molecule has 0 aliphatic carbocycles. The van der Waals surface area contributed by atoms with Gasteiger partial charge in [0, 0.05) is 31.6 Å². The number of halogens is 1. The summed E-state index contributed by atoms with van der Waals surface area (Å²) in [6.45, 7) is 5.66. The van der Waals surface area contributed by atoms with Crippen LogP contribution in [-0.4, -0.2) is 28.1 Å². The van der Waals surface area contributed by atoms with Gasteiger partial charge in [0.25, 0.3) is 0 Å². The Morgan fingerprint density at radius 2 is 1.95 bits per heavy atom. The van der Waals surface area contributed by atoms with E-state index in [1.54, 1.807) is 0 Å². The van der Waals surface area contributed by atoms with E-state index in [2.05, 4.69) is 9.88 Å². The lowest BCUT2D eigenvalue weighted by atomic mass is 9.86. The smallest absolute Gasteiger partial charge is 0.191 e. The number of likely N-dealkylation sites (tertiary alicyclic amines) is 1. The van der Waals surface area contributed by atoms with Crippen molar-refractivity contribution in [2.45, 2.75) is 26.0 Å². The lowest BCUT2D eigenvalue weighted by Gasteiger charge is -2.46. The molecule has 0 radical (unpaired) electrons. The summed E-state index contributed by atoms with van der Waals surface area (Å²) in [5.41, 5.74) is 1.07. The van der Waals surface area contributed by atoms with Gasteiger partial charge in [0.2, 0.25) is 0 Å². The first-order valence-corrected chi connectivity index (χ1v) is 6.98. The number of nitrogens with zero attached hydrogens (tertiary/aromatic N) is 2. The molecular weight excluding hydrogens is 276 g/mol. The Hall–Kier alpha value is -1.36. The third kappa shape index (κ3) is 2.46. The molecule has 0 spiro atoms. The highest BCUT2D eigenvalue weighted by Crippen LogP contribution is 2.33. The molecule has 2 heterocycles. The largest absolute Gasteiger partial charge is 0.446 e. The van der Waals surface area contributed by atoms with E-state index in [4.69, 9.17) is 16.0 Å². The maximum Gasteiger partial charge on any atom is 0.191 e. The molecule has 1 aliphatic rings. The van der Waals surface area contributed by atoms with Gasteiger partial charge in [-0.2, -0.15) is 0 Å². The Kier molecular flexibility index (Phi) is 3.32. The van der Waals surface area contributed by atoms with E-state index in [1.807, 2.05) is 38.1 Å². The van der Waals surface area contributed by atoms with Crippen molar-refractivity contribution in [3.05, 3.63) is 52.2 Å². The molecule has 1 saturated heterocycles. The van der Waals surface area contributed by atoms with Crippen LogP contribution in [0.1, 0.15) is 22.9 Å². The van der Waals surface area contributed by atoms with Crippen LogP contribution in [0, 0.1) is 13.8 Å². The molecule has 106 valence electrons. The molecule has 1 N–H and O–H groups in total. The highest BCUT2D eigenvalue weighted by Gasteiger charge is 2.42. The molecule has 1 fully saturated rings. The predicted molar refractivity (Wildman–Crippen MR) is 76.6 cm³/mol. The van der Waals surface area contributed by atoms with Crippen molar-refractivity contribution >= 4 is 11.6 Å². The van der Waals surface area contributed by atoms with Crippen LogP contribution in [0.4, 0.5) is 0 Å². The fourth-order valence-electron chi connectivity index (χ4n) is 2.68. The molecule has 2 aromatic rings.